The summed E-state index contributed by atoms with van der Waals surface area (Å²) in [5.41, 5.74) is 3.14. The van der Waals surface area contributed by atoms with Crippen LogP contribution < -0.4 is 14.8 Å². The lowest BCUT2D eigenvalue weighted by molar-refractivity contribution is -0.115. The zero-order chi connectivity index (χ0) is 17.4. The van der Waals surface area contributed by atoms with Crippen LogP contribution in [0.1, 0.15) is 17.0 Å². The Balaban J connectivity index is 1.54. The van der Waals surface area contributed by atoms with Gasteiger partial charge in [-0.2, -0.15) is 10.1 Å². The third-order valence-corrected chi connectivity index (χ3v) is 4.15. The molecule has 8 nitrogen and oxygen atoms in total. The number of carbonyl (C=O) groups excluding carboxylic acids is 1. The van der Waals surface area contributed by atoms with E-state index < -0.39 is 0 Å². The summed E-state index contributed by atoms with van der Waals surface area (Å²) >= 11 is 0. The summed E-state index contributed by atoms with van der Waals surface area (Å²) in [4.78, 5) is 20.9. The lowest BCUT2D eigenvalue weighted by Gasteiger charge is -2.19. The molecule has 0 bridgehead atoms. The molecule has 3 aromatic rings. The standard InChI is InChI=1S/C17H17N5O3/c1-10-13(11(2)22-17(20-10)18-9-19-22)8-16(23)21-12-3-4-14-15(7-12)25-6-5-24-14/h3-4,7,9H,5-6,8H2,1-2H3,(H,21,23). The van der Waals surface area contributed by atoms with Gasteiger partial charge in [-0.05, 0) is 26.0 Å². The van der Waals surface area contributed by atoms with Crippen LogP contribution in [-0.4, -0.2) is 38.7 Å². The van der Waals surface area contributed by atoms with E-state index in [2.05, 4.69) is 20.4 Å². The highest BCUT2D eigenvalue weighted by Gasteiger charge is 2.16. The Kier molecular flexibility index (Phi) is 3.72. The van der Waals surface area contributed by atoms with Gasteiger partial charge in [-0.3, -0.25) is 4.79 Å². The predicted molar refractivity (Wildman–Crippen MR) is 90.0 cm³/mol. The molecule has 1 amide bonds. The Morgan fingerprint density at radius 2 is 2.04 bits per heavy atom. The number of amides is 1. The van der Waals surface area contributed by atoms with Crippen LogP contribution in [0.4, 0.5) is 5.69 Å². The number of carbonyl (C=O) groups is 1. The smallest absolute Gasteiger partial charge is 0.252 e. The first-order chi connectivity index (χ1) is 12.1. The molecule has 0 radical (unpaired) electrons. The van der Waals surface area contributed by atoms with E-state index in [-0.39, 0.29) is 12.3 Å². The number of hydrogen-bond donors (Lipinski definition) is 1. The minimum atomic E-state index is -0.135. The van der Waals surface area contributed by atoms with Crippen molar-refractivity contribution >= 4 is 17.4 Å². The van der Waals surface area contributed by atoms with Crippen molar-refractivity contribution in [2.45, 2.75) is 20.3 Å². The van der Waals surface area contributed by atoms with E-state index in [9.17, 15) is 4.79 Å². The van der Waals surface area contributed by atoms with Gasteiger partial charge in [0.25, 0.3) is 5.78 Å². The zero-order valence-electron chi connectivity index (χ0n) is 13.9. The number of fused-ring (bicyclic) bond motifs is 2. The van der Waals surface area contributed by atoms with Gasteiger partial charge in [-0.25, -0.2) is 9.50 Å². The quantitative estimate of drug-likeness (QED) is 0.781. The number of nitrogens with one attached hydrogen (secondary N) is 1. The number of hydrogen-bond acceptors (Lipinski definition) is 6. The molecular weight excluding hydrogens is 322 g/mol. The molecule has 0 spiro atoms. The van der Waals surface area contributed by atoms with E-state index in [1.165, 1.54) is 6.33 Å². The minimum absolute atomic E-state index is 0.135. The molecule has 0 atom stereocenters. The van der Waals surface area contributed by atoms with Crippen molar-refractivity contribution in [3.63, 3.8) is 0 Å². The monoisotopic (exact) mass is 339 g/mol. The minimum Gasteiger partial charge on any atom is -0.486 e. The molecule has 0 saturated carbocycles. The predicted octanol–water partition coefficient (Wildman–Crippen LogP) is 1.69. The molecule has 0 aliphatic carbocycles. The summed E-state index contributed by atoms with van der Waals surface area (Å²) in [7, 11) is 0. The van der Waals surface area contributed by atoms with Gasteiger partial charge in [-0.1, -0.05) is 0 Å². The number of aromatic nitrogens is 4. The number of anilines is 1. The molecule has 1 aliphatic rings. The molecule has 0 unspecified atom stereocenters. The molecule has 0 saturated heterocycles. The fourth-order valence-corrected chi connectivity index (χ4v) is 2.90. The maximum atomic E-state index is 12.5. The molecule has 4 rings (SSSR count). The number of nitrogens with zero attached hydrogens (tertiary/aromatic N) is 4. The van der Waals surface area contributed by atoms with Crippen LogP contribution in [0.3, 0.4) is 0 Å². The van der Waals surface area contributed by atoms with Crippen LogP contribution in [-0.2, 0) is 11.2 Å². The molecule has 3 heterocycles. The maximum absolute atomic E-state index is 12.5. The van der Waals surface area contributed by atoms with Crippen molar-refractivity contribution in [2.24, 2.45) is 0 Å². The Bertz CT molecular complexity index is 966. The fourth-order valence-electron chi connectivity index (χ4n) is 2.90. The van der Waals surface area contributed by atoms with Gasteiger partial charge >= 0.3 is 0 Å². The summed E-state index contributed by atoms with van der Waals surface area (Å²) in [5.74, 6) is 1.73. The summed E-state index contributed by atoms with van der Waals surface area (Å²) in [6, 6.07) is 5.36. The fraction of sp³-hybridized carbons (Fsp3) is 0.294. The van der Waals surface area contributed by atoms with Crippen molar-refractivity contribution in [3.05, 3.63) is 41.5 Å². The van der Waals surface area contributed by atoms with Crippen molar-refractivity contribution in [2.75, 3.05) is 18.5 Å². The van der Waals surface area contributed by atoms with Crippen LogP contribution >= 0.6 is 0 Å². The first-order valence-corrected chi connectivity index (χ1v) is 7.97. The summed E-state index contributed by atoms with van der Waals surface area (Å²) in [6.07, 6.45) is 1.66. The van der Waals surface area contributed by atoms with Gasteiger partial charge in [0.1, 0.15) is 19.5 Å². The summed E-state index contributed by atoms with van der Waals surface area (Å²) in [6.45, 7) is 4.82. The highest BCUT2D eigenvalue weighted by Crippen LogP contribution is 2.32. The number of benzene rings is 1. The second-order valence-corrected chi connectivity index (χ2v) is 5.82. The van der Waals surface area contributed by atoms with Crippen molar-refractivity contribution in [1.29, 1.82) is 0 Å². The highest BCUT2D eigenvalue weighted by molar-refractivity contribution is 5.92. The lowest BCUT2D eigenvalue weighted by atomic mass is 10.1. The maximum Gasteiger partial charge on any atom is 0.252 e. The molecule has 128 valence electrons. The van der Waals surface area contributed by atoms with Gasteiger partial charge in [-0.15, -0.1) is 0 Å². The van der Waals surface area contributed by atoms with Gasteiger partial charge in [0, 0.05) is 28.7 Å². The highest BCUT2D eigenvalue weighted by atomic mass is 16.6. The first kappa shape index (κ1) is 15.4. The van der Waals surface area contributed by atoms with Crippen molar-refractivity contribution < 1.29 is 14.3 Å². The Morgan fingerprint density at radius 1 is 1.24 bits per heavy atom. The second-order valence-electron chi connectivity index (χ2n) is 5.82. The van der Waals surface area contributed by atoms with E-state index in [4.69, 9.17) is 9.47 Å². The average Bonchev–Trinajstić information content (AvgIpc) is 3.07. The van der Waals surface area contributed by atoms with E-state index in [0.29, 0.717) is 36.2 Å². The van der Waals surface area contributed by atoms with Gasteiger partial charge in [0.15, 0.2) is 11.5 Å². The van der Waals surface area contributed by atoms with Crippen LogP contribution in [0, 0.1) is 13.8 Å². The zero-order valence-corrected chi connectivity index (χ0v) is 13.9. The Labute approximate surface area is 143 Å². The van der Waals surface area contributed by atoms with Gasteiger partial charge < -0.3 is 14.8 Å². The number of ether oxygens (including phenoxy) is 2. The normalized spacial score (nSPS) is 13.0. The van der Waals surface area contributed by atoms with Gasteiger partial charge in [0.05, 0.1) is 6.42 Å². The van der Waals surface area contributed by atoms with Crippen LogP contribution in [0.2, 0.25) is 0 Å². The second kappa shape index (κ2) is 6.04. The molecule has 1 aromatic carbocycles. The van der Waals surface area contributed by atoms with Crippen LogP contribution in [0.15, 0.2) is 24.5 Å². The Hall–Kier alpha value is -3.16. The molecule has 1 aliphatic heterocycles. The van der Waals surface area contributed by atoms with E-state index >= 15 is 0 Å². The average molecular weight is 339 g/mol. The number of rotatable bonds is 3. The van der Waals surface area contributed by atoms with Crippen molar-refractivity contribution in [3.8, 4) is 11.5 Å². The van der Waals surface area contributed by atoms with E-state index in [1.807, 2.05) is 13.8 Å². The summed E-state index contributed by atoms with van der Waals surface area (Å²) in [5, 5.41) is 7.03. The van der Waals surface area contributed by atoms with E-state index in [1.54, 1.807) is 22.7 Å². The third-order valence-electron chi connectivity index (χ3n) is 4.15. The lowest BCUT2D eigenvalue weighted by Crippen LogP contribution is -2.19. The first-order valence-electron chi connectivity index (χ1n) is 7.97. The molecule has 1 N–H and O–H groups in total. The third kappa shape index (κ3) is 2.86. The van der Waals surface area contributed by atoms with Crippen LogP contribution in [0.5, 0.6) is 11.5 Å². The largest absolute Gasteiger partial charge is 0.486 e. The number of aryl methyl sites for hydroxylation is 2. The van der Waals surface area contributed by atoms with E-state index in [0.717, 1.165) is 17.0 Å². The molecule has 25 heavy (non-hydrogen) atoms. The Morgan fingerprint density at radius 3 is 2.88 bits per heavy atom. The molecule has 8 heteroatoms. The molecule has 0 fully saturated rings. The van der Waals surface area contributed by atoms with Gasteiger partial charge in [0.2, 0.25) is 5.91 Å². The summed E-state index contributed by atoms with van der Waals surface area (Å²) < 4.78 is 12.7. The molecule has 2 aromatic heterocycles. The molecular formula is C17H17N5O3. The van der Waals surface area contributed by atoms with Crippen molar-refractivity contribution in [1.82, 2.24) is 19.6 Å². The van der Waals surface area contributed by atoms with Crippen LogP contribution in [0.25, 0.3) is 5.78 Å². The SMILES string of the molecule is Cc1nc2ncnn2c(C)c1CC(=O)Nc1ccc2c(c1)OCCO2. The topological polar surface area (TPSA) is 90.6 Å².